The van der Waals surface area contributed by atoms with Crippen LogP contribution in [0.2, 0.25) is 0 Å². The Hall–Kier alpha value is -0.550. The van der Waals surface area contributed by atoms with Gasteiger partial charge in [-0.05, 0) is 38.6 Å². The van der Waals surface area contributed by atoms with E-state index in [1.807, 2.05) is 0 Å². The highest BCUT2D eigenvalue weighted by atomic mass is 15.2. The molecule has 1 aliphatic heterocycles. The first kappa shape index (κ1) is 12.9. The molecule has 0 aromatic rings. The summed E-state index contributed by atoms with van der Waals surface area (Å²) in [5, 5.41) is 9.33. The molecule has 1 heterocycles. The van der Waals surface area contributed by atoms with Crippen LogP contribution in [-0.4, -0.2) is 23.5 Å². The third-order valence-electron chi connectivity index (χ3n) is 4.62. The lowest BCUT2D eigenvalue weighted by Crippen LogP contribution is -2.50. The van der Waals surface area contributed by atoms with Crippen LogP contribution < -0.4 is 0 Å². The Balaban J connectivity index is 2.03. The van der Waals surface area contributed by atoms with Crippen molar-refractivity contribution >= 4 is 0 Å². The molecule has 0 aromatic heterocycles. The van der Waals surface area contributed by atoms with Crippen LogP contribution in [0.1, 0.15) is 64.7 Å². The maximum atomic E-state index is 9.33. The highest BCUT2D eigenvalue weighted by Crippen LogP contribution is 2.33. The summed E-state index contributed by atoms with van der Waals surface area (Å²) in [5.41, 5.74) is 0. The van der Waals surface area contributed by atoms with E-state index in [0.29, 0.717) is 12.0 Å². The van der Waals surface area contributed by atoms with E-state index in [1.54, 1.807) is 0 Å². The number of piperidine rings is 1. The van der Waals surface area contributed by atoms with Crippen molar-refractivity contribution in [2.75, 3.05) is 6.54 Å². The Kier molecular flexibility index (Phi) is 4.86. The van der Waals surface area contributed by atoms with Crippen molar-refractivity contribution in [1.82, 2.24) is 4.90 Å². The van der Waals surface area contributed by atoms with E-state index in [-0.39, 0.29) is 0 Å². The maximum absolute atomic E-state index is 9.33. The lowest BCUT2D eigenvalue weighted by Gasteiger charge is -2.44. The molecule has 1 aliphatic carbocycles. The van der Waals surface area contributed by atoms with Crippen LogP contribution in [0.15, 0.2) is 0 Å². The molecule has 1 saturated heterocycles. The van der Waals surface area contributed by atoms with Crippen molar-refractivity contribution in [2.45, 2.75) is 76.8 Å². The fourth-order valence-corrected chi connectivity index (χ4v) is 3.76. The summed E-state index contributed by atoms with van der Waals surface area (Å²) in [4.78, 5) is 2.71. The summed E-state index contributed by atoms with van der Waals surface area (Å²) < 4.78 is 0. The monoisotopic (exact) mass is 234 g/mol. The van der Waals surface area contributed by atoms with E-state index in [4.69, 9.17) is 0 Å². The number of nitrogens with zero attached hydrogens (tertiary/aromatic N) is 2. The third-order valence-corrected chi connectivity index (χ3v) is 4.62. The molecule has 0 bridgehead atoms. The Morgan fingerprint density at radius 3 is 2.65 bits per heavy atom. The number of likely N-dealkylation sites (tertiary alicyclic amines) is 1. The average molecular weight is 234 g/mol. The van der Waals surface area contributed by atoms with Gasteiger partial charge in [0.15, 0.2) is 0 Å². The molecule has 17 heavy (non-hydrogen) atoms. The van der Waals surface area contributed by atoms with Crippen LogP contribution in [0.3, 0.4) is 0 Å². The summed E-state index contributed by atoms with van der Waals surface area (Å²) in [5.74, 6) is 0.307. The first-order chi connectivity index (χ1) is 8.36. The van der Waals surface area contributed by atoms with Crippen LogP contribution in [0, 0.1) is 17.2 Å². The molecular formula is C15H26N2. The molecule has 3 unspecified atom stereocenters. The first-order valence-corrected chi connectivity index (χ1v) is 7.52. The summed E-state index contributed by atoms with van der Waals surface area (Å²) in [6.45, 7) is 3.53. The first-order valence-electron chi connectivity index (χ1n) is 7.52. The Morgan fingerprint density at radius 1 is 1.12 bits per heavy atom. The lowest BCUT2D eigenvalue weighted by molar-refractivity contribution is 0.0492. The van der Waals surface area contributed by atoms with Gasteiger partial charge >= 0.3 is 0 Å². The fourth-order valence-electron chi connectivity index (χ4n) is 3.76. The van der Waals surface area contributed by atoms with Crippen molar-refractivity contribution in [2.24, 2.45) is 5.92 Å². The number of hydrogen-bond donors (Lipinski definition) is 0. The number of hydrogen-bond acceptors (Lipinski definition) is 2. The molecule has 2 nitrogen and oxygen atoms in total. The van der Waals surface area contributed by atoms with E-state index in [9.17, 15) is 5.26 Å². The van der Waals surface area contributed by atoms with Crippen LogP contribution in [0.4, 0.5) is 0 Å². The van der Waals surface area contributed by atoms with E-state index in [1.165, 1.54) is 57.9 Å². The van der Waals surface area contributed by atoms with Gasteiger partial charge < -0.3 is 0 Å². The molecule has 0 radical (unpaired) electrons. The number of nitriles is 1. The normalized spacial score (nSPS) is 35.4. The quantitative estimate of drug-likeness (QED) is 0.744. The van der Waals surface area contributed by atoms with E-state index < -0.39 is 0 Å². The molecule has 1 saturated carbocycles. The van der Waals surface area contributed by atoms with Gasteiger partial charge in [-0.1, -0.05) is 32.6 Å². The second kappa shape index (κ2) is 6.40. The van der Waals surface area contributed by atoms with Gasteiger partial charge in [0.25, 0.3) is 0 Å². The highest BCUT2D eigenvalue weighted by molar-refractivity contribution is 4.98. The summed E-state index contributed by atoms with van der Waals surface area (Å²) in [7, 11) is 0. The van der Waals surface area contributed by atoms with E-state index >= 15 is 0 Å². The molecule has 2 heteroatoms. The summed E-state index contributed by atoms with van der Waals surface area (Å²) in [6, 6.07) is 3.92. The van der Waals surface area contributed by atoms with Gasteiger partial charge in [0.1, 0.15) is 0 Å². The molecule has 2 aliphatic rings. The molecule has 0 spiro atoms. The minimum atomic E-state index is 0.307. The molecule has 0 amide bonds. The molecule has 0 aromatic carbocycles. The van der Waals surface area contributed by atoms with Crippen molar-refractivity contribution in [3.63, 3.8) is 0 Å². The molecule has 96 valence electrons. The van der Waals surface area contributed by atoms with Crippen molar-refractivity contribution in [1.29, 1.82) is 5.26 Å². The smallest absolute Gasteiger partial charge is 0.0672 e. The van der Waals surface area contributed by atoms with Gasteiger partial charge in [0, 0.05) is 12.1 Å². The zero-order chi connectivity index (χ0) is 12.1. The van der Waals surface area contributed by atoms with Gasteiger partial charge in [-0.25, -0.2) is 0 Å². The Labute approximate surface area is 106 Å². The minimum Gasteiger partial charge on any atom is -0.296 e. The second-order valence-corrected chi connectivity index (χ2v) is 5.76. The van der Waals surface area contributed by atoms with Gasteiger partial charge in [0.2, 0.25) is 0 Å². The van der Waals surface area contributed by atoms with E-state index in [0.717, 1.165) is 12.5 Å². The highest BCUT2D eigenvalue weighted by Gasteiger charge is 2.34. The number of rotatable bonds is 3. The van der Waals surface area contributed by atoms with Crippen LogP contribution in [0.5, 0.6) is 0 Å². The van der Waals surface area contributed by atoms with Crippen molar-refractivity contribution in [3.05, 3.63) is 0 Å². The minimum absolute atomic E-state index is 0.307. The lowest BCUT2D eigenvalue weighted by atomic mass is 9.82. The van der Waals surface area contributed by atoms with Gasteiger partial charge in [-0.3, -0.25) is 4.90 Å². The molecular weight excluding hydrogens is 208 g/mol. The van der Waals surface area contributed by atoms with E-state index in [2.05, 4.69) is 17.9 Å². The van der Waals surface area contributed by atoms with Crippen LogP contribution in [-0.2, 0) is 0 Å². The Morgan fingerprint density at radius 2 is 1.88 bits per heavy atom. The zero-order valence-electron chi connectivity index (χ0n) is 11.2. The molecule has 0 N–H and O–H groups in total. The van der Waals surface area contributed by atoms with Crippen LogP contribution in [0.25, 0.3) is 0 Å². The standard InChI is InChI=1S/C15H26N2/c1-2-7-14-9-5-6-11-17(14)15-10-4-3-8-13(15)12-16/h13-15H,2-11H2,1H3. The molecule has 2 fully saturated rings. The molecule has 3 atom stereocenters. The maximum Gasteiger partial charge on any atom is 0.0672 e. The van der Waals surface area contributed by atoms with Crippen LogP contribution >= 0.6 is 0 Å². The zero-order valence-corrected chi connectivity index (χ0v) is 11.2. The predicted octanol–water partition coefficient (Wildman–Crippen LogP) is 3.72. The average Bonchev–Trinajstić information content (AvgIpc) is 2.40. The van der Waals surface area contributed by atoms with Crippen molar-refractivity contribution in [3.8, 4) is 6.07 Å². The van der Waals surface area contributed by atoms with Crippen molar-refractivity contribution < 1.29 is 0 Å². The SMILES string of the molecule is CCCC1CCCCN1C1CCCCC1C#N. The van der Waals surface area contributed by atoms with Gasteiger partial charge in [-0.2, -0.15) is 5.26 Å². The Bertz CT molecular complexity index is 267. The molecule has 2 rings (SSSR count). The topological polar surface area (TPSA) is 27.0 Å². The van der Waals surface area contributed by atoms with Gasteiger partial charge in [0.05, 0.1) is 12.0 Å². The second-order valence-electron chi connectivity index (χ2n) is 5.76. The predicted molar refractivity (Wildman–Crippen MR) is 70.6 cm³/mol. The largest absolute Gasteiger partial charge is 0.296 e. The van der Waals surface area contributed by atoms with Gasteiger partial charge in [-0.15, -0.1) is 0 Å². The summed E-state index contributed by atoms with van der Waals surface area (Å²) in [6.07, 6.45) is 11.7. The third kappa shape index (κ3) is 3.01. The summed E-state index contributed by atoms with van der Waals surface area (Å²) >= 11 is 0. The fraction of sp³-hybridized carbons (Fsp3) is 0.933.